The van der Waals surface area contributed by atoms with Crippen LogP contribution in [0.5, 0.6) is 11.5 Å². The number of nitrogens with one attached hydrogen (secondary N) is 2. The minimum Gasteiger partial charge on any atom is -0.455 e. The van der Waals surface area contributed by atoms with E-state index in [1.807, 2.05) is 48.5 Å². The van der Waals surface area contributed by atoms with Gasteiger partial charge in [-0.3, -0.25) is 9.59 Å². The molecule has 1 aromatic heterocycles. The predicted molar refractivity (Wildman–Crippen MR) is 108 cm³/mol. The minimum absolute atomic E-state index is 0.0248. The summed E-state index contributed by atoms with van der Waals surface area (Å²) in [4.78, 5) is 24.5. The number of rotatable bonds is 5. The molecule has 0 saturated heterocycles. The molecule has 4 aromatic rings. The van der Waals surface area contributed by atoms with Gasteiger partial charge in [0.2, 0.25) is 5.91 Å². The Balaban J connectivity index is 1.55. The predicted octanol–water partition coefficient (Wildman–Crippen LogP) is 3.90. The van der Waals surface area contributed by atoms with E-state index in [9.17, 15) is 9.59 Å². The van der Waals surface area contributed by atoms with Gasteiger partial charge in [0.15, 0.2) is 5.75 Å². The van der Waals surface area contributed by atoms with Gasteiger partial charge in [0.05, 0.1) is 23.2 Å². The third kappa shape index (κ3) is 3.76. The Bertz CT molecular complexity index is 1190. The van der Waals surface area contributed by atoms with E-state index in [0.717, 1.165) is 0 Å². The number of amides is 1. The van der Waals surface area contributed by atoms with Crippen molar-refractivity contribution in [3.05, 3.63) is 94.9 Å². The van der Waals surface area contributed by atoms with Gasteiger partial charge in [-0.05, 0) is 30.3 Å². The Morgan fingerprint density at radius 3 is 2.39 bits per heavy atom. The summed E-state index contributed by atoms with van der Waals surface area (Å²) < 4.78 is 5.87. The van der Waals surface area contributed by atoms with E-state index in [1.165, 1.54) is 0 Å². The Morgan fingerprint density at radius 2 is 1.57 bits per heavy atom. The molecule has 1 heterocycles. The van der Waals surface area contributed by atoms with E-state index < -0.39 is 0 Å². The van der Waals surface area contributed by atoms with Crippen molar-refractivity contribution in [2.45, 2.75) is 6.42 Å². The molecule has 0 aliphatic rings. The zero-order chi connectivity index (χ0) is 19.3. The molecule has 2 N–H and O–H groups in total. The van der Waals surface area contributed by atoms with Gasteiger partial charge in [-0.2, -0.15) is 5.10 Å². The lowest BCUT2D eigenvalue weighted by Gasteiger charge is -2.12. The summed E-state index contributed by atoms with van der Waals surface area (Å²) in [5.74, 6) is 0.965. The normalized spacial score (nSPS) is 10.6. The first-order valence-electron chi connectivity index (χ1n) is 8.79. The first kappa shape index (κ1) is 17.5. The third-order valence-corrected chi connectivity index (χ3v) is 4.24. The summed E-state index contributed by atoms with van der Waals surface area (Å²) in [5.41, 5.74) is 0.792. The smallest absolute Gasteiger partial charge is 0.272 e. The molecule has 6 heteroatoms. The van der Waals surface area contributed by atoms with Crippen molar-refractivity contribution < 1.29 is 9.53 Å². The molecule has 0 fully saturated rings. The number of benzene rings is 3. The fourth-order valence-corrected chi connectivity index (χ4v) is 2.93. The van der Waals surface area contributed by atoms with Crippen LogP contribution >= 0.6 is 0 Å². The standard InChI is InChI=1S/C22H17N3O3/c26-21(14-19-16-10-4-5-11-17(16)22(27)25-24-19)23-18-12-6-7-13-20(18)28-15-8-2-1-3-9-15/h1-13H,14H2,(H,23,26)(H,25,27). The number of hydrogen-bond acceptors (Lipinski definition) is 4. The number of para-hydroxylation sites is 3. The molecule has 0 atom stereocenters. The van der Waals surface area contributed by atoms with Crippen molar-refractivity contribution in [1.82, 2.24) is 10.2 Å². The van der Waals surface area contributed by atoms with Crippen molar-refractivity contribution in [2.75, 3.05) is 5.32 Å². The van der Waals surface area contributed by atoms with Gasteiger partial charge in [-0.1, -0.05) is 48.5 Å². The number of aromatic nitrogens is 2. The van der Waals surface area contributed by atoms with Crippen LogP contribution in [0.25, 0.3) is 10.8 Å². The molecule has 0 spiro atoms. The second-order valence-electron chi connectivity index (χ2n) is 6.18. The number of carbonyl (C=O) groups excluding carboxylic acids is 1. The lowest BCUT2D eigenvalue weighted by molar-refractivity contribution is -0.115. The van der Waals surface area contributed by atoms with Gasteiger partial charge >= 0.3 is 0 Å². The minimum atomic E-state index is -0.277. The van der Waals surface area contributed by atoms with Crippen molar-refractivity contribution in [1.29, 1.82) is 0 Å². The second kappa shape index (κ2) is 7.75. The van der Waals surface area contributed by atoms with E-state index in [0.29, 0.717) is 33.7 Å². The second-order valence-corrected chi connectivity index (χ2v) is 6.18. The molecular formula is C22H17N3O3. The van der Waals surface area contributed by atoms with Crippen LogP contribution in [-0.2, 0) is 11.2 Å². The fraction of sp³-hybridized carbons (Fsp3) is 0.0455. The van der Waals surface area contributed by atoms with Gasteiger partial charge in [0, 0.05) is 5.39 Å². The van der Waals surface area contributed by atoms with Crippen LogP contribution in [-0.4, -0.2) is 16.1 Å². The summed E-state index contributed by atoms with van der Waals surface area (Å²) >= 11 is 0. The molecular weight excluding hydrogens is 354 g/mol. The lowest BCUT2D eigenvalue weighted by Crippen LogP contribution is -2.18. The summed E-state index contributed by atoms with van der Waals surface area (Å²) in [5, 5.41) is 10.5. The third-order valence-electron chi connectivity index (χ3n) is 4.24. The Labute approximate surface area is 160 Å². The van der Waals surface area contributed by atoms with Crippen LogP contribution < -0.4 is 15.6 Å². The van der Waals surface area contributed by atoms with Crippen LogP contribution in [0.4, 0.5) is 5.69 Å². The zero-order valence-electron chi connectivity index (χ0n) is 14.9. The highest BCUT2D eigenvalue weighted by Gasteiger charge is 2.13. The molecule has 4 rings (SSSR count). The van der Waals surface area contributed by atoms with Crippen LogP contribution in [0.1, 0.15) is 5.69 Å². The maximum atomic E-state index is 12.6. The molecule has 1 amide bonds. The molecule has 138 valence electrons. The zero-order valence-corrected chi connectivity index (χ0v) is 14.9. The number of aromatic amines is 1. The fourth-order valence-electron chi connectivity index (χ4n) is 2.93. The molecule has 28 heavy (non-hydrogen) atoms. The molecule has 0 aliphatic heterocycles. The first-order valence-corrected chi connectivity index (χ1v) is 8.79. The largest absolute Gasteiger partial charge is 0.455 e. The van der Waals surface area contributed by atoms with Crippen molar-refractivity contribution in [2.24, 2.45) is 0 Å². The Kier molecular flexibility index (Phi) is 4.84. The maximum Gasteiger partial charge on any atom is 0.272 e. The van der Waals surface area contributed by atoms with Crippen LogP contribution in [0.3, 0.4) is 0 Å². The molecule has 0 radical (unpaired) electrons. The van der Waals surface area contributed by atoms with E-state index >= 15 is 0 Å². The van der Waals surface area contributed by atoms with Crippen molar-refractivity contribution in [3.8, 4) is 11.5 Å². The number of ether oxygens (including phenoxy) is 1. The molecule has 0 unspecified atom stereocenters. The maximum absolute atomic E-state index is 12.6. The van der Waals surface area contributed by atoms with Gasteiger partial charge in [0.25, 0.3) is 5.56 Å². The average molecular weight is 371 g/mol. The van der Waals surface area contributed by atoms with Gasteiger partial charge < -0.3 is 10.1 Å². The van der Waals surface area contributed by atoms with Crippen LogP contribution in [0.15, 0.2) is 83.7 Å². The number of hydrogen-bond donors (Lipinski definition) is 2. The molecule has 0 aliphatic carbocycles. The Hall–Kier alpha value is -3.93. The lowest BCUT2D eigenvalue weighted by atomic mass is 10.1. The summed E-state index contributed by atoms with van der Waals surface area (Å²) in [7, 11) is 0. The summed E-state index contributed by atoms with van der Waals surface area (Å²) in [6.45, 7) is 0. The van der Waals surface area contributed by atoms with E-state index in [2.05, 4.69) is 15.5 Å². The quantitative estimate of drug-likeness (QED) is 0.557. The Morgan fingerprint density at radius 1 is 0.893 bits per heavy atom. The number of anilines is 1. The number of fused-ring (bicyclic) bond motifs is 1. The van der Waals surface area contributed by atoms with Crippen molar-refractivity contribution in [3.63, 3.8) is 0 Å². The monoisotopic (exact) mass is 371 g/mol. The van der Waals surface area contributed by atoms with E-state index in [4.69, 9.17) is 4.74 Å². The highest BCUT2D eigenvalue weighted by Crippen LogP contribution is 2.29. The number of nitrogens with zero attached hydrogens (tertiary/aromatic N) is 1. The highest BCUT2D eigenvalue weighted by atomic mass is 16.5. The molecule has 3 aromatic carbocycles. The van der Waals surface area contributed by atoms with E-state index in [-0.39, 0.29) is 17.9 Å². The molecule has 6 nitrogen and oxygen atoms in total. The number of carbonyl (C=O) groups is 1. The first-order chi connectivity index (χ1) is 13.7. The molecule has 0 saturated carbocycles. The SMILES string of the molecule is O=C(Cc1n[nH]c(=O)c2ccccc12)Nc1ccccc1Oc1ccccc1. The number of H-pyrrole nitrogens is 1. The summed E-state index contributed by atoms with van der Waals surface area (Å²) in [6.07, 6.45) is 0.0248. The van der Waals surface area contributed by atoms with Crippen molar-refractivity contribution >= 4 is 22.4 Å². The summed E-state index contributed by atoms with van der Waals surface area (Å²) in [6, 6.07) is 23.6. The molecule has 0 bridgehead atoms. The van der Waals surface area contributed by atoms with Crippen LogP contribution in [0.2, 0.25) is 0 Å². The topological polar surface area (TPSA) is 84.1 Å². The van der Waals surface area contributed by atoms with Gasteiger partial charge in [0.1, 0.15) is 5.75 Å². The van der Waals surface area contributed by atoms with Gasteiger partial charge in [-0.15, -0.1) is 0 Å². The average Bonchev–Trinajstić information content (AvgIpc) is 2.73. The highest BCUT2D eigenvalue weighted by molar-refractivity contribution is 5.96. The van der Waals surface area contributed by atoms with E-state index in [1.54, 1.807) is 30.3 Å². The van der Waals surface area contributed by atoms with Gasteiger partial charge in [-0.25, -0.2) is 5.10 Å². The van der Waals surface area contributed by atoms with Crippen LogP contribution in [0, 0.1) is 0 Å².